The Balaban J connectivity index is 1.86. The summed E-state index contributed by atoms with van der Waals surface area (Å²) >= 11 is 0. The molecule has 0 aliphatic heterocycles. The Morgan fingerprint density at radius 3 is 2.35 bits per heavy atom. The van der Waals surface area contributed by atoms with E-state index < -0.39 is 0 Å². The highest BCUT2D eigenvalue weighted by Crippen LogP contribution is 2.30. The molecule has 23 heavy (non-hydrogen) atoms. The number of rotatable bonds is 4. The third-order valence-electron chi connectivity index (χ3n) is 4.46. The lowest BCUT2D eigenvalue weighted by atomic mass is 9.84. The van der Waals surface area contributed by atoms with E-state index in [0.717, 1.165) is 16.8 Å². The maximum absolute atomic E-state index is 8.50. The van der Waals surface area contributed by atoms with Crippen molar-refractivity contribution in [3.05, 3.63) is 89.5 Å². The molecule has 0 amide bonds. The molecule has 2 aromatic rings. The van der Waals surface area contributed by atoms with Gasteiger partial charge in [-0.15, -0.1) is 0 Å². The van der Waals surface area contributed by atoms with Gasteiger partial charge in [-0.05, 0) is 17.5 Å². The first-order valence-electron chi connectivity index (χ1n) is 8.01. The molecule has 2 aromatic carbocycles. The predicted octanol–water partition coefficient (Wildman–Crippen LogP) is 4.99. The highest BCUT2D eigenvalue weighted by atomic mass is 14.8. The zero-order chi connectivity index (χ0) is 16.2. The lowest BCUT2D eigenvalue weighted by molar-refractivity contribution is 0.635. The van der Waals surface area contributed by atoms with E-state index in [1.54, 1.807) is 0 Å². The van der Waals surface area contributed by atoms with Crippen LogP contribution in [0.2, 0.25) is 0 Å². The van der Waals surface area contributed by atoms with Crippen LogP contribution in [-0.2, 0) is 0 Å². The molecule has 3 rings (SSSR count). The summed E-state index contributed by atoms with van der Waals surface area (Å²) in [7, 11) is 1.89. The molecule has 0 aromatic heterocycles. The topological polar surface area (TPSA) is 35.9 Å². The highest BCUT2D eigenvalue weighted by Gasteiger charge is 2.16. The van der Waals surface area contributed by atoms with E-state index in [4.69, 9.17) is 5.41 Å². The Bertz CT molecular complexity index is 754. The second kappa shape index (κ2) is 6.66. The molecule has 0 bridgehead atoms. The number of nitrogens with one attached hydrogen (secondary N) is 2. The first-order valence-corrected chi connectivity index (χ1v) is 8.01. The number of anilines is 1. The summed E-state index contributed by atoms with van der Waals surface area (Å²) in [5.41, 5.74) is 4.71. The van der Waals surface area contributed by atoms with Crippen LogP contribution in [0.4, 0.5) is 5.69 Å². The second-order valence-electron chi connectivity index (χ2n) is 5.95. The Morgan fingerprint density at radius 2 is 1.65 bits per heavy atom. The van der Waals surface area contributed by atoms with Crippen molar-refractivity contribution in [2.24, 2.45) is 5.92 Å². The molecule has 1 aliphatic rings. The van der Waals surface area contributed by atoms with Gasteiger partial charge < -0.3 is 5.32 Å². The van der Waals surface area contributed by atoms with E-state index >= 15 is 0 Å². The highest BCUT2D eigenvalue weighted by molar-refractivity contribution is 6.14. The minimum Gasteiger partial charge on any atom is -0.388 e. The molecule has 0 radical (unpaired) electrons. The summed E-state index contributed by atoms with van der Waals surface area (Å²) in [6.07, 6.45) is 8.72. The van der Waals surface area contributed by atoms with Gasteiger partial charge in [-0.2, -0.15) is 0 Å². The predicted molar refractivity (Wildman–Crippen MR) is 98.5 cm³/mol. The number of para-hydroxylation sites is 1. The van der Waals surface area contributed by atoms with Crippen molar-refractivity contribution in [3.8, 4) is 0 Å². The number of benzene rings is 2. The van der Waals surface area contributed by atoms with Crippen LogP contribution in [0.1, 0.15) is 29.5 Å². The molecule has 2 N–H and O–H groups in total. The van der Waals surface area contributed by atoms with E-state index in [1.165, 1.54) is 5.56 Å². The van der Waals surface area contributed by atoms with Crippen LogP contribution >= 0.6 is 0 Å². The maximum atomic E-state index is 8.50. The van der Waals surface area contributed by atoms with Crippen LogP contribution in [0.5, 0.6) is 0 Å². The lowest BCUT2D eigenvalue weighted by Gasteiger charge is -2.21. The Hall–Kier alpha value is -2.61. The quantitative estimate of drug-likeness (QED) is 0.767. The molecule has 0 heterocycles. The van der Waals surface area contributed by atoms with Crippen LogP contribution in [0.25, 0.3) is 0 Å². The van der Waals surface area contributed by atoms with Gasteiger partial charge in [0.2, 0.25) is 0 Å². The number of hydrogen-bond donors (Lipinski definition) is 2. The van der Waals surface area contributed by atoms with Gasteiger partial charge in [0.25, 0.3) is 0 Å². The van der Waals surface area contributed by atoms with E-state index in [0.29, 0.717) is 17.5 Å². The van der Waals surface area contributed by atoms with Crippen LogP contribution in [0.3, 0.4) is 0 Å². The van der Waals surface area contributed by atoms with Crippen molar-refractivity contribution in [3.63, 3.8) is 0 Å². The Morgan fingerprint density at radius 1 is 0.957 bits per heavy atom. The summed E-state index contributed by atoms with van der Waals surface area (Å²) in [5.74, 6) is 0.933. The molecule has 2 unspecified atom stereocenters. The lowest BCUT2D eigenvalue weighted by Crippen LogP contribution is -2.09. The summed E-state index contributed by atoms with van der Waals surface area (Å²) in [6, 6.07) is 16.4. The van der Waals surface area contributed by atoms with Gasteiger partial charge in [0, 0.05) is 29.8 Å². The van der Waals surface area contributed by atoms with Gasteiger partial charge >= 0.3 is 0 Å². The van der Waals surface area contributed by atoms with E-state index in [-0.39, 0.29) is 0 Å². The van der Waals surface area contributed by atoms with E-state index in [2.05, 4.69) is 60.8 Å². The van der Waals surface area contributed by atoms with Gasteiger partial charge in [-0.3, -0.25) is 5.41 Å². The first-order chi connectivity index (χ1) is 11.2. The minimum atomic E-state index is 0.424. The summed E-state index contributed by atoms with van der Waals surface area (Å²) < 4.78 is 0. The van der Waals surface area contributed by atoms with Gasteiger partial charge in [0.1, 0.15) is 0 Å². The molecule has 1 aliphatic carbocycles. The fourth-order valence-corrected chi connectivity index (χ4v) is 3.08. The average molecular weight is 302 g/mol. The van der Waals surface area contributed by atoms with Crippen molar-refractivity contribution < 1.29 is 0 Å². The summed E-state index contributed by atoms with van der Waals surface area (Å²) in [5, 5.41) is 11.7. The van der Waals surface area contributed by atoms with Gasteiger partial charge in [0.05, 0.1) is 5.71 Å². The molecule has 0 spiro atoms. The van der Waals surface area contributed by atoms with Gasteiger partial charge in [-0.1, -0.05) is 73.7 Å². The number of allylic oxidation sites excluding steroid dienone is 4. The van der Waals surface area contributed by atoms with Crippen molar-refractivity contribution in [1.82, 2.24) is 0 Å². The fourth-order valence-electron chi connectivity index (χ4n) is 3.08. The summed E-state index contributed by atoms with van der Waals surface area (Å²) in [6.45, 7) is 2.24. The smallest absolute Gasteiger partial charge is 0.0705 e. The standard InChI is InChI=1S/C21H22N2/c1-15-7-3-4-8-18(15)16-11-13-17(14-12-16)21(22)19-9-5-6-10-20(19)23-2/h3-15,18,22-23H,1-2H3. The SMILES string of the molecule is CNc1ccccc1C(=N)c1ccc(C2C=CC=CC2C)cc1. The second-order valence-corrected chi connectivity index (χ2v) is 5.95. The van der Waals surface area contributed by atoms with Crippen molar-refractivity contribution >= 4 is 11.4 Å². The van der Waals surface area contributed by atoms with Crippen LogP contribution < -0.4 is 5.32 Å². The van der Waals surface area contributed by atoms with Crippen molar-refractivity contribution in [2.75, 3.05) is 12.4 Å². The molecular formula is C21H22N2. The van der Waals surface area contributed by atoms with Gasteiger partial charge in [0.15, 0.2) is 0 Å². The third-order valence-corrected chi connectivity index (χ3v) is 4.46. The maximum Gasteiger partial charge on any atom is 0.0705 e. The zero-order valence-corrected chi connectivity index (χ0v) is 13.6. The van der Waals surface area contributed by atoms with E-state index in [1.807, 2.05) is 31.3 Å². The number of hydrogen-bond acceptors (Lipinski definition) is 2. The first kappa shape index (κ1) is 15.3. The van der Waals surface area contributed by atoms with Crippen molar-refractivity contribution in [2.45, 2.75) is 12.8 Å². The van der Waals surface area contributed by atoms with E-state index in [9.17, 15) is 0 Å². The fraction of sp³-hybridized carbons (Fsp3) is 0.190. The normalized spacial score (nSPS) is 19.6. The molecule has 0 fully saturated rings. The third kappa shape index (κ3) is 3.11. The Kier molecular flexibility index (Phi) is 4.42. The zero-order valence-electron chi connectivity index (χ0n) is 13.6. The largest absolute Gasteiger partial charge is 0.388 e. The average Bonchev–Trinajstić information content (AvgIpc) is 2.61. The minimum absolute atomic E-state index is 0.424. The molecule has 0 saturated heterocycles. The molecule has 116 valence electrons. The monoisotopic (exact) mass is 302 g/mol. The van der Waals surface area contributed by atoms with Crippen molar-refractivity contribution in [1.29, 1.82) is 5.41 Å². The molecular weight excluding hydrogens is 280 g/mol. The summed E-state index contributed by atoms with van der Waals surface area (Å²) in [4.78, 5) is 0. The molecule has 2 atom stereocenters. The Labute approximate surface area is 138 Å². The van der Waals surface area contributed by atoms with Crippen LogP contribution in [0.15, 0.2) is 72.8 Å². The van der Waals surface area contributed by atoms with Gasteiger partial charge in [-0.25, -0.2) is 0 Å². The van der Waals surface area contributed by atoms with Crippen LogP contribution in [-0.4, -0.2) is 12.8 Å². The van der Waals surface area contributed by atoms with Crippen LogP contribution in [0, 0.1) is 11.3 Å². The molecule has 2 heteroatoms. The molecule has 2 nitrogen and oxygen atoms in total. The molecule has 0 saturated carbocycles.